The number of Topliss-reactive ketones (excluding diaryl/α,β-unsaturated/α-hetero) is 1. The van der Waals surface area contributed by atoms with Gasteiger partial charge in [0.1, 0.15) is 0 Å². The van der Waals surface area contributed by atoms with E-state index in [0.717, 1.165) is 17.0 Å². The summed E-state index contributed by atoms with van der Waals surface area (Å²) in [6.45, 7) is 5.39. The third kappa shape index (κ3) is 4.06. The van der Waals surface area contributed by atoms with Gasteiger partial charge < -0.3 is 0 Å². The molecule has 0 atom stereocenters. The minimum Gasteiger partial charge on any atom is -0.292 e. The van der Waals surface area contributed by atoms with E-state index in [2.05, 4.69) is 10.5 Å². The van der Waals surface area contributed by atoms with E-state index < -0.39 is 0 Å². The molecule has 17 heavy (non-hydrogen) atoms. The molecule has 0 saturated heterocycles. The third-order valence-corrected chi connectivity index (χ3v) is 3.48. The zero-order valence-electron chi connectivity index (χ0n) is 10.1. The van der Waals surface area contributed by atoms with Crippen molar-refractivity contribution in [3.05, 3.63) is 28.8 Å². The molecule has 0 spiro atoms. The number of carbonyl (C=O) groups is 1. The highest BCUT2D eigenvalue weighted by molar-refractivity contribution is 8.15. The van der Waals surface area contributed by atoms with E-state index in [-0.39, 0.29) is 5.78 Å². The summed E-state index contributed by atoms with van der Waals surface area (Å²) in [4.78, 5) is 11.3. The summed E-state index contributed by atoms with van der Waals surface area (Å²) in [5.41, 5.74) is 4.61. The topological polar surface area (TPSA) is 41.5 Å². The summed E-state index contributed by atoms with van der Waals surface area (Å²) in [5.74, 6) is 0.776. The van der Waals surface area contributed by atoms with E-state index in [9.17, 15) is 4.79 Å². The summed E-state index contributed by atoms with van der Waals surface area (Å²) in [7, 11) is 0. The number of ketones is 1. The lowest BCUT2D eigenvalue weighted by Crippen LogP contribution is -2.08. The van der Waals surface area contributed by atoms with Crippen molar-refractivity contribution in [2.75, 3.05) is 11.2 Å². The van der Waals surface area contributed by atoms with Gasteiger partial charge in [-0.1, -0.05) is 24.6 Å². The molecule has 1 rings (SSSR count). The molecule has 3 nitrogen and oxygen atoms in total. The standard InChI is InChI=1S/C12H15ClN2OS/c1-4-17-12(9(3)16)15-14-11-7-5-6-10(13)8(11)2/h5-7,14H,4H2,1-3H3/b15-12-. The molecule has 1 N–H and O–H groups in total. The zero-order chi connectivity index (χ0) is 12.8. The minimum atomic E-state index is -0.0379. The van der Waals surface area contributed by atoms with Crippen molar-refractivity contribution in [3.8, 4) is 0 Å². The fourth-order valence-electron chi connectivity index (χ4n) is 1.19. The predicted molar refractivity (Wildman–Crippen MR) is 76.1 cm³/mol. The van der Waals surface area contributed by atoms with Gasteiger partial charge in [0, 0.05) is 11.9 Å². The number of carbonyl (C=O) groups excluding carboxylic acids is 1. The summed E-state index contributed by atoms with van der Waals surface area (Å²) in [6, 6.07) is 5.53. The Balaban J connectivity index is 2.87. The Labute approximate surface area is 111 Å². The Morgan fingerprint density at radius 3 is 2.82 bits per heavy atom. The molecule has 0 fully saturated rings. The van der Waals surface area contributed by atoms with E-state index >= 15 is 0 Å². The van der Waals surface area contributed by atoms with Crippen LogP contribution in [0.25, 0.3) is 0 Å². The number of anilines is 1. The maximum absolute atomic E-state index is 11.3. The Morgan fingerprint density at radius 1 is 1.53 bits per heavy atom. The van der Waals surface area contributed by atoms with Crippen LogP contribution in [-0.2, 0) is 4.79 Å². The first kappa shape index (κ1) is 14.1. The van der Waals surface area contributed by atoms with E-state index in [1.165, 1.54) is 18.7 Å². The Bertz CT molecular complexity index is 446. The van der Waals surface area contributed by atoms with Gasteiger partial charge in [0.15, 0.2) is 10.8 Å². The van der Waals surface area contributed by atoms with Gasteiger partial charge in [0.25, 0.3) is 0 Å². The van der Waals surface area contributed by atoms with Crippen LogP contribution in [0.3, 0.4) is 0 Å². The summed E-state index contributed by atoms with van der Waals surface area (Å²) in [5, 5.41) is 5.26. The van der Waals surface area contributed by atoms with Crippen LogP contribution in [0.5, 0.6) is 0 Å². The molecule has 0 aliphatic rings. The molecule has 0 heterocycles. The molecule has 0 aliphatic carbocycles. The van der Waals surface area contributed by atoms with Crippen LogP contribution in [0, 0.1) is 6.92 Å². The molecule has 0 aromatic heterocycles. The molecule has 0 amide bonds. The van der Waals surface area contributed by atoms with Crippen LogP contribution in [-0.4, -0.2) is 16.6 Å². The lowest BCUT2D eigenvalue weighted by Gasteiger charge is -2.07. The lowest BCUT2D eigenvalue weighted by atomic mass is 10.2. The average Bonchev–Trinajstić information content (AvgIpc) is 2.29. The van der Waals surface area contributed by atoms with Crippen molar-refractivity contribution >= 4 is 39.9 Å². The Morgan fingerprint density at radius 2 is 2.24 bits per heavy atom. The monoisotopic (exact) mass is 270 g/mol. The van der Waals surface area contributed by atoms with Crippen molar-refractivity contribution in [3.63, 3.8) is 0 Å². The van der Waals surface area contributed by atoms with Crippen LogP contribution in [0.1, 0.15) is 19.4 Å². The second-order valence-corrected chi connectivity index (χ2v) is 5.09. The molecule has 0 saturated carbocycles. The molecule has 5 heteroatoms. The lowest BCUT2D eigenvalue weighted by molar-refractivity contribution is -0.110. The van der Waals surface area contributed by atoms with E-state index in [1.54, 1.807) is 0 Å². The smallest absolute Gasteiger partial charge is 0.186 e. The summed E-state index contributed by atoms with van der Waals surface area (Å²) < 4.78 is 0. The van der Waals surface area contributed by atoms with E-state index in [0.29, 0.717) is 10.1 Å². The van der Waals surface area contributed by atoms with Gasteiger partial charge in [-0.2, -0.15) is 5.10 Å². The maximum atomic E-state index is 11.3. The number of nitrogens with one attached hydrogen (secondary N) is 1. The van der Waals surface area contributed by atoms with Crippen molar-refractivity contribution < 1.29 is 4.79 Å². The number of nitrogens with zero attached hydrogens (tertiary/aromatic N) is 1. The Kier molecular flexibility index (Phi) is 5.51. The van der Waals surface area contributed by atoms with E-state index in [4.69, 9.17) is 11.6 Å². The molecular weight excluding hydrogens is 256 g/mol. The van der Waals surface area contributed by atoms with Crippen molar-refractivity contribution in [1.82, 2.24) is 0 Å². The fraction of sp³-hybridized carbons (Fsp3) is 0.333. The highest BCUT2D eigenvalue weighted by Crippen LogP contribution is 2.23. The maximum Gasteiger partial charge on any atom is 0.186 e. The molecule has 0 aliphatic heterocycles. The Hall–Kier alpha value is -1.00. The minimum absolute atomic E-state index is 0.0379. The van der Waals surface area contributed by atoms with Crippen LogP contribution >= 0.6 is 23.4 Å². The molecule has 1 aromatic rings. The van der Waals surface area contributed by atoms with Crippen LogP contribution in [0.2, 0.25) is 5.02 Å². The molecule has 92 valence electrons. The van der Waals surface area contributed by atoms with Crippen LogP contribution in [0.4, 0.5) is 5.69 Å². The first-order chi connectivity index (χ1) is 8.06. The number of hydrogen-bond acceptors (Lipinski definition) is 4. The molecular formula is C12H15ClN2OS. The largest absolute Gasteiger partial charge is 0.292 e. The number of rotatable bonds is 4. The molecule has 0 unspecified atom stereocenters. The molecule has 0 radical (unpaired) electrons. The van der Waals surface area contributed by atoms with Gasteiger partial charge in [-0.15, -0.1) is 11.8 Å². The number of halogens is 1. The highest BCUT2D eigenvalue weighted by atomic mass is 35.5. The zero-order valence-corrected chi connectivity index (χ0v) is 11.7. The summed E-state index contributed by atoms with van der Waals surface area (Å²) in [6.07, 6.45) is 0. The van der Waals surface area contributed by atoms with Crippen LogP contribution in [0.15, 0.2) is 23.3 Å². The second-order valence-electron chi connectivity index (χ2n) is 3.43. The number of hydrogen-bond donors (Lipinski definition) is 1. The first-order valence-electron chi connectivity index (χ1n) is 5.28. The van der Waals surface area contributed by atoms with Gasteiger partial charge in [-0.3, -0.25) is 10.2 Å². The highest BCUT2D eigenvalue weighted by Gasteiger charge is 2.06. The van der Waals surface area contributed by atoms with Crippen LogP contribution < -0.4 is 5.43 Å². The SMILES string of the molecule is CCS/C(=N\Nc1cccc(Cl)c1C)C(C)=O. The first-order valence-corrected chi connectivity index (χ1v) is 6.65. The van der Waals surface area contributed by atoms with E-state index in [1.807, 2.05) is 32.0 Å². The predicted octanol–water partition coefficient (Wildman–Crippen LogP) is 3.72. The third-order valence-electron chi connectivity index (χ3n) is 2.13. The van der Waals surface area contributed by atoms with Gasteiger partial charge in [-0.05, 0) is 30.4 Å². The van der Waals surface area contributed by atoms with Gasteiger partial charge in [-0.25, -0.2) is 0 Å². The number of benzene rings is 1. The molecule has 0 bridgehead atoms. The van der Waals surface area contributed by atoms with Crippen molar-refractivity contribution in [1.29, 1.82) is 0 Å². The normalized spacial score (nSPS) is 11.4. The number of thioether (sulfide) groups is 1. The molecule has 1 aromatic carbocycles. The second kappa shape index (κ2) is 6.67. The fourth-order valence-corrected chi connectivity index (χ4v) is 1.95. The summed E-state index contributed by atoms with van der Waals surface area (Å²) >= 11 is 7.41. The average molecular weight is 271 g/mol. The van der Waals surface area contributed by atoms with Gasteiger partial charge in [0.2, 0.25) is 0 Å². The van der Waals surface area contributed by atoms with Crippen molar-refractivity contribution in [2.45, 2.75) is 20.8 Å². The quantitative estimate of drug-likeness (QED) is 0.515. The number of hydrazone groups is 1. The van der Waals surface area contributed by atoms with Crippen molar-refractivity contribution in [2.24, 2.45) is 5.10 Å². The van der Waals surface area contributed by atoms with Gasteiger partial charge >= 0.3 is 0 Å². The van der Waals surface area contributed by atoms with Gasteiger partial charge in [0.05, 0.1) is 5.69 Å².